The van der Waals surface area contributed by atoms with Crippen LogP contribution in [0.1, 0.15) is 42.8 Å². The molecule has 2 amide bonds. The van der Waals surface area contributed by atoms with E-state index in [0.717, 1.165) is 31.2 Å². The van der Waals surface area contributed by atoms with Crippen molar-refractivity contribution in [3.63, 3.8) is 0 Å². The molecule has 1 saturated carbocycles. The van der Waals surface area contributed by atoms with E-state index in [-0.39, 0.29) is 16.8 Å². The van der Waals surface area contributed by atoms with E-state index in [1.807, 2.05) is 6.07 Å². The van der Waals surface area contributed by atoms with Gasteiger partial charge in [0.25, 0.3) is 0 Å². The number of nitrogens with zero attached hydrogens (tertiary/aromatic N) is 3. The summed E-state index contributed by atoms with van der Waals surface area (Å²) < 4.78 is 22.6. The number of hydrogen-bond acceptors (Lipinski definition) is 6. The number of urea groups is 1. The van der Waals surface area contributed by atoms with Crippen molar-refractivity contribution >= 4 is 16.1 Å². The molecule has 2 aromatic rings. The smallest absolute Gasteiger partial charge is 0.315 e. The summed E-state index contributed by atoms with van der Waals surface area (Å²) >= 11 is 0. The van der Waals surface area contributed by atoms with Crippen molar-refractivity contribution in [3.05, 3.63) is 53.6 Å². The van der Waals surface area contributed by atoms with Gasteiger partial charge in [0.05, 0.1) is 16.1 Å². The number of carbonyl (C=O) groups is 1. The Hall–Kier alpha value is -3.03. The summed E-state index contributed by atoms with van der Waals surface area (Å²) in [6, 6.07) is 9.58. The minimum absolute atomic E-state index is 0.0525. The van der Waals surface area contributed by atoms with E-state index in [1.54, 1.807) is 18.2 Å². The van der Waals surface area contributed by atoms with Crippen LogP contribution in [0, 0.1) is 11.3 Å². The zero-order chi connectivity index (χ0) is 20.9. The summed E-state index contributed by atoms with van der Waals surface area (Å²) in [5, 5.41) is 20.0. The van der Waals surface area contributed by atoms with E-state index in [9.17, 15) is 13.2 Å². The van der Waals surface area contributed by atoms with Gasteiger partial charge in [-0.1, -0.05) is 25.0 Å². The van der Waals surface area contributed by atoms with E-state index < -0.39 is 15.6 Å². The number of nitrogens with one attached hydrogen (secondary N) is 2. The molecule has 1 heterocycles. The molecule has 29 heavy (non-hydrogen) atoms. The van der Waals surface area contributed by atoms with Crippen LogP contribution in [0.15, 0.2) is 41.4 Å². The molecular formula is C19H22N6O3S. The van der Waals surface area contributed by atoms with Gasteiger partial charge in [-0.15, -0.1) is 0 Å². The molecule has 0 unspecified atom stereocenters. The van der Waals surface area contributed by atoms with E-state index in [1.165, 1.54) is 18.3 Å². The lowest BCUT2D eigenvalue weighted by Gasteiger charge is -2.29. The van der Waals surface area contributed by atoms with Gasteiger partial charge in [-0.3, -0.25) is 0 Å². The molecule has 9 nitrogen and oxygen atoms in total. The molecule has 1 fully saturated rings. The largest absolute Gasteiger partial charge is 0.338 e. The standard InChI is InChI=1S/C19H22N6O3S/c20-13-17-22-12-8-16(24-17)19(9-1-2-10-19)25-18(26)23-11-7-14-3-5-15(6-4-14)29(21,27)28/h3-6,8,12H,1-2,7,9-11H2,(H2,21,27,28)(H2,23,25,26). The Labute approximate surface area is 169 Å². The van der Waals surface area contributed by atoms with Crippen molar-refractivity contribution in [2.45, 2.75) is 42.5 Å². The molecule has 0 atom stereocenters. The van der Waals surface area contributed by atoms with Crippen LogP contribution < -0.4 is 15.8 Å². The highest BCUT2D eigenvalue weighted by molar-refractivity contribution is 7.89. The summed E-state index contributed by atoms with van der Waals surface area (Å²) in [7, 11) is -3.72. The number of nitriles is 1. The van der Waals surface area contributed by atoms with E-state index in [4.69, 9.17) is 10.4 Å². The molecule has 1 aliphatic carbocycles. The van der Waals surface area contributed by atoms with Crippen LogP contribution in [0.4, 0.5) is 4.79 Å². The van der Waals surface area contributed by atoms with Crippen LogP contribution >= 0.6 is 0 Å². The Morgan fingerprint density at radius 2 is 1.90 bits per heavy atom. The van der Waals surface area contributed by atoms with Crippen LogP contribution in [-0.2, 0) is 22.0 Å². The molecule has 10 heteroatoms. The molecule has 4 N–H and O–H groups in total. The van der Waals surface area contributed by atoms with Crippen molar-refractivity contribution in [3.8, 4) is 6.07 Å². The minimum Gasteiger partial charge on any atom is -0.338 e. The third-order valence-corrected chi connectivity index (χ3v) is 5.94. The third kappa shape index (κ3) is 5.07. The highest BCUT2D eigenvalue weighted by atomic mass is 32.2. The SMILES string of the molecule is N#Cc1nccc(C2(NC(=O)NCCc3ccc(S(N)(=O)=O)cc3)CCCC2)n1. The molecule has 1 aliphatic rings. The highest BCUT2D eigenvalue weighted by Crippen LogP contribution is 2.37. The van der Waals surface area contributed by atoms with Crippen LogP contribution in [0.3, 0.4) is 0 Å². The van der Waals surface area contributed by atoms with Crippen molar-refractivity contribution in [1.29, 1.82) is 5.26 Å². The maximum absolute atomic E-state index is 12.5. The molecule has 1 aromatic heterocycles. The predicted molar refractivity (Wildman–Crippen MR) is 105 cm³/mol. The maximum Gasteiger partial charge on any atom is 0.315 e. The summed E-state index contributed by atoms with van der Waals surface area (Å²) in [6.07, 6.45) is 5.49. The van der Waals surface area contributed by atoms with Gasteiger partial charge in [0.15, 0.2) is 0 Å². The number of primary sulfonamides is 1. The Morgan fingerprint density at radius 1 is 1.21 bits per heavy atom. The first-order valence-electron chi connectivity index (χ1n) is 9.24. The van der Waals surface area contributed by atoms with Crippen LogP contribution in [0.5, 0.6) is 0 Å². The topological polar surface area (TPSA) is 151 Å². The van der Waals surface area contributed by atoms with Gasteiger partial charge in [0.2, 0.25) is 15.8 Å². The fraction of sp³-hybridized carbons (Fsp3) is 0.368. The zero-order valence-electron chi connectivity index (χ0n) is 15.8. The average molecular weight is 414 g/mol. The van der Waals surface area contributed by atoms with Gasteiger partial charge < -0.3 is 10.6 Å². The van der Waals surface area contributed by atoms with Crippen molar-refractivity contribution in [2.75, 3.05) is 6.54 Å². The fourth-order valence-electron chi connectivity index (χ4n) is 3.53. The molecule has 0 aliphatic heterocycles. The fourth-order valence-corrected chi connectivity index (χ4v) is 4.05. The van der Waals surface area contributed by atoms with Gasteiger partial charge in [-0.25, -0.2) is 28.3 Å². The first-order chi connectivity index (χ1) is 13.8. The second-order valence-electron chi connectivity index (χ2n) is 6.99. The summed E-state index contributed by atoms with van der Waals surface area (Å²) in [6.45, 7) is 0.379. The number of hydrogen-bond donors (Lipinski definition) is 3. The molecular weight excluding hydrogens is 392 g/mol. The van der Waals surface area contributed by atoms with Crippen LogP contribution in [0.25, 0.3) is 0 Å². The lowest BCUT2D eigenvalue weighted by molar-refractivity contribution is 0.223. The first-order valence-corrected chi connectivity index (χ1v) is 10.8. The van der Waals surface area contributed by atoms with Crippen LogP contribution in [-0.4, -0.2) is 31.0 Å². The molecule has 1 aromatic carbocycles. The maximum atomic E-state index is 12.5. The second kappa shape index (κ2) is 8.55. The minimum atomic E-state index is -3.72. The van der Waals surface area contributed by atoms with Crippen molar-refractivity contribution in [2.24, 2.45) is 5.14 Å². The normalized spacial score (nSPS) is 15.4. The average Bonchev–Trinajstić information content (AvgIpc) is 3.17. The zero-order valence-corrected chi connectivity index (χ0v) is 16.6. The van der Waals surface area contributed by atoms with Gasteiger partial charge >= 0.3 is 6.03 Å². The van der Waals surface area contributed by atoms with E-state index in [0.29, 0.717) is 18.7 Å². The number of benzene rings is 1. The van der Waals surface area contributed by atoms with Gasteiger partial charge in [-0.2, -0.15) is 5.26 Å². The molecule has 0 bridgehead atoms. The molecule has 3 rings (SSSR count). The molecule has 0 radical (unpaired) electrons. The van der Waals surface area contributed by atoms with Crippen LogP contribution in [0.2, 0.25) is 0 Å². The van der Waals surface area contributed by atoms with Gasteiger partial charge in [0, 0.05) is 12.7 Å². The molecule has 152 valence electrons. The summed E-state index contributed by atoms with van der Waals surface area (Å²) in [5.74, 6) is 0.0823. The first kappa shape index (κ1) is 20.7. The van der Waals surface area contributed by atoms with Crippen molar-refractivity contribution in [1.82, 2.24) is 20.6 Å². The number of carbonyl (C=O) groups excluding carboxylic acids is 1. The number of amides is 2. The number of sulfonamides is 1. The predicted octanol–water partition coefficient (Wildman–Crippen LogP) is 1.31. The Kier molecular flexibility index (Phi) is 6.10. The Bertz CT molecular complexity index is 1020. The lowest BCUT2D eigenvalue weighted by atomic mass is 9.93. The monoisotopic (exact) mass is 414 g/mol. The van der Waals surface area contributed by atoms with Gasteiger partial charge in [-0.05, 0) is 43.0 Å². The Morgan fingerprint density at radius 3 is 2.52 bits per heavy atom. The lowest BCUT2D eigenvalue weighted by Crippen LogP contribution is -2.49. The quantitative estimate of drug-likeness (QED) is 0.648. The van der Waals surface area contributed by atoms with Crippen molar-refractivity contribution < 1.29 is 13.2 Å². The highest BCUT2D eigenvalue weighted by Gasteiger charge is 2.38. The number of aromatic nitrogens is 2. The summed E-state index contributed by atoms with van der Waals surface area (Å²) in [5.41, 5.74) is 0.925. The summed E-state index contributed by atoms with van der Waals surface area (Å²) in [4.78, 5) is 20.7. The Balaban J connectivity index is 1.59. The second-order valence-corrected chi connectivity index (χ2v) is 8.55. The van der Waals surface area contributed by atoms with E-state index in [2.05, 4.69) is 20.6 Å². The molecule has 0 spiro atoms. The van der Waals surface area contributed by atoms with E-state index >= 15 is 0 Å². The molecule has 0 saturated heterocycles. The number of rotatable bonds is 6. The van der Waals surface area contributed by atoms with Gasteiger partial charge in [0.1, 0.15) is 6.07 Å². The third-order valence-electron chi connectivity index (χ3n) is 5.01. The number of nitrogens with two attached hydrogens (primary N) is 1.